The first kappa shape index (κ1) is 14.0. The standard InChI is InChI=1S/C14H17N3O/c1-14(2,3)18-7-6-17-13-5-4-11(9-15)12(8-13)10-16/h4-5,8,17H,6-7H2,1-3H3. The van der Waals surface area contributed by atoms with E-state index in [9.17, 15) is 0 Å². The van der Waals surface area contributed by atoms with Crippen LogP contribution in [-0.4, -0.2) is 18.8 Å². The Morgan fingerprint density at radius 2 is 1.83 bits per heavy atom. The quantitative estimate of drug-likeness (QED) is 0.825. The Kier molecular flexibility index (Phi) is 4.71. The maximum atomic E-state index is 8.90. The summed E-state index contributed by atoms with van der Waals surface area (Å²) >= 11 is 0. The normalized spacial score (nSPS) is 10.5. The molecule has 0 bridgehead atoms. The number of ether oxygens (including phenoxy) is 1. The van der Waals surface area contributed by atoms with Crippen LogP contribution < -0.4 is 5.32 Å². The summed E-state index contributed by atoms with van der Waals surface area (Å²) in [6, 6.07) is 9.10. The molecule has 0 aliphatic rings. The molecule has 0 unspecified atom stereocenters. The van der Waals surface area contributed by atoms with Crippen molar-refractivity contribution in [2.45, 2.75) is 26.4 Å². The van der Waals surface area contributed by atoms with Gasteiger partial charge in [0, 0.05) is 12.2 Å². The Morgan fingerprint density at radius 3 is 2.39 bits per heavy atom. The summed E-state index contributed by atoms with van der Waals surface area (Å²) in [5, 5.41) is 20.9. The molecule has 94 valence electrons. The molecule has 0 heterocycles. The van der Waals surface area contributed by atoms with Gasteiger partial charge in [0.15, 0.2) is 0 Å². The van der Waals surface area contributed by atoms with E-state index < -0.39 is 0 Å². The summed E-state index contributed by atoms with van der Waals surface area (Å²) in [5.41, 5.74) is 1.46. The Hall–Kier alpha value is -2.04. The second kappa shape index (κ2) is 6.05. The van der Waals surface area contributed by atoms with Crippen molar-refractivity contribution in [1.29, 1.82) is 10.5 Å². The third kappa shape index (κ3) is 4.45. The largest absolute Gasteiger partial charge is 0.383 e. The number of rotatable bonds is 4. The van der Waals surface area contributed by atoms with Gasteiger partial charge in [-0.1, -0.05) is 0 Å². The molecule has 0 radical (unpaired) electrons. The van der Waals surface area contributed by atoms with Gasteiger partial charge in [0.25, 0.3) is 0 Å². The molecule has 0 amide bonds. The molecule has 0 aliphatic heterocycles. The van der Waals surface area contributed by atoms with E-state index in [2.05, 4.69) is 5.32 Å². The van der Waals surface area contributed by atoms with Crippen molar-refractivity contribution in [3.05, 3.63) is 29.3 Å². The highest BCUT2D eigenvalue weighted by molar-refractivity contribution is 5.56. The molecule has 0 fully saturated rings. The molecule has 0 spiro atoms. The van der Waals surface area contributed by atoms with Gasteiger partial charge < -0.3 is 10.1 Å². The van der Waals surface area contributed by atoms with Crippen molar-refractivity contribution in [3.8, 4) is 12.1 Å². The minimum Gasteiger partial charge on any atom is -0.383 e. The van der Waals surface area contributed by atoms with E-state index in [1.54, 1.807) is 18.2 Å². The first-order valence-electron chi connectivity index (χ1n) is 5.78. The van der Waals surface area contributed by atoms with Gasteiger partial charge in [0.05, 0.1) is 23.3 Å². The van der Waals surface area contributed by atoms with Gasteiger partial charge >= 0.3 is 0 Å². The Balaban J connectivity index is 2.55. The van der Waals surface area contributed by atoms with Crippen LogP contribution in [0.15, 0.2) is 18.2 Å². The molecule has 4 nitrogen and oxygen atoms in total. The van der Waals surface area contributed by atoms with Crippen LogP contribution in [-0.2, 0) is 4.74 Å². The van der Waals surface area contributed by atoms with Crippen molar-refractivity contribution in [1.82, 2.24) is 0 Å². The van der Waals surface area contributed by atoms with E-state index in [1.807, 2.05) is 32.9 Å². The maximum absolute atomic E-state index is 8.90. The number of nitrogens with zero attached hydrogens (tertiary/aromatic N) is 2. The first-order valence-corrected chi connectivity index (χ1v) is 5.78. The molecule has 1 N–H and O–H groups in total. The number of anilines is 1. The minimum atomic E-state index is -0.149. The van der Waals surface area contributed by atoms with Gasteiger partial charge in [0.1, 0.15) is 12.1 Å². The van der Waals surface area contributed by atoms with Gasteiger partial charge in [-0.3, -0.25) is 0 Å². The fourth-order valence-electron chi connectivity index (χ4n) is 1.40. The average molecular weight is 243 g/mol. The summed E-state index contributed by atoms with van der Waals surface area (Å²) in [6.45, 7) is 7.26. The monoisotopic (exact) mass is 243 g/mol. The fourth-order valence-corrected chi connectivity index (χ4v) is 1.40. The zero-order valence-electron chi connectivity index (χ0n) is 10.9. The molecular weight excluding hydrogens is 226 g/mol. The molecular formula is C14H17N3O. The van der Waals surface area contributed by atoms with Gasteiger partial charge in [-0.05, 0) is 39.0 Å². The summed E-state index contributed by atoms with van der Waals surface area (Å²) < 4.78 is 5.57. The summed E-state index contributed by atoms with van der Waals surface area (Å²) in [4.78, 5) is 0. The van der Waals surface area contributed by atoms with Crippen LogP contribution in [0.2, 0.25) is 0 Å². The van der Waals surface area contributed by atoms with Crippen LogP contribution in [0.25, 0.3) is 0 Å². The molecule has 4 heteroatoms. The number of hydrogen-bond acceptors (Lipinski definition) is 4. The van der Waals surface area contributed by atoms with Crippen molar-refractivity contribution in [3.63, 3.8) is 0 Å². The zero-order chi connectivity index (χ0) is 13.6. The molecule has 0 saturated carbocycles. The fraction of sp³-hybridized carbons (Fsp3) is 0.429. The van der Waals surface area contributed by atoms with E-state index in [0.29, 0.717) is 24.3 Å². The molecule has 1 aromatic rings. The third-order valence-electron chi connectivity index (χ3n) is 2.23. The minimum absolute atomic E-state index is 0.149. The number of nitriles is 2. The average Bonchev–Trinajstić information content (AvgIpc) is 2.33. The molecule has 1 aromatic carbocycles. The van der Waals surface area contributed by atoms with Crippen molar-refractivity contribution in [2.24, 2.45) is 0 Å². The summed E-state index contributed by atoms with van der Waals surface area (Å²) in [7, 11) is 0. The topological polar surface area (TPSA) is 68.8 Å². The van der Waals surface area contributed by atoms with Crippen molar-refractivity contribution >= 4 is 5.69 Å². The predicted molar refractivity (Wildman–Crippen MR) is 70.1 cm³/mol. The smallest absolute Gasteiger partial charge is 0.101 e. The van der Waals surface area contributed by atoms with E-state index in [-0.39, 0.29) is 5.60 Å². The summed E-state index contributed by atoms with van der Waals surface area (Å²) in [6.07, 6.45) is 0. The van der Waals surface area contributed by atoms with Gasteiger partial charge in [0.2, 0.25) is 0 Å². The van der Waals surface area contributed by atoms with E-state index >= 15 is 0 Å². The molecule has 0 saturated heterocycles. The lowest BCUT2D eigenvalue weighted by Gasteiger charge is -2.19. The summed E-state index contributed by atoms with van der Waals surface area (Å²) in [5.74, 6) is 0. The SMILES string of the molecule is CC(C)(C)OCCNc1ccc(C#N)c(C#N)c1. The lowest BCUT2D eigenvalue weighted by Crippen LogP contribution is -2.23. The maximum Gasteiger partial charge on any atom is 0.101 e. The lowest BCUT2D eigenvalue weighted by atomic mass is 10.1. The Bertz CT molecular complexity index is 489. The Labute approximate surface area is 108 Å². The zero-order valence-corrected chi connectivity index (χ0v) is 10.9. The first-order chi connectivity index (χ1) is 8.46. The molecule has 1 rings (SSSR count). The van der Waals surface area contributed by atoms with Crippen molar-refractivity contribution in [2.75, 3.05) is 18.5 Å². The van der Waals surface area contributed by atoms with Crippen LogP contribution in [0.4, 0.5) is 5.69 Å². The second-order valence-corrected chi connectivity index (χ2v) is 4.87. The predicted octanol–water partition coefficient (Wildman–Crippen LogP) is 2.66. The van der Waals surface area contributed by atoms with Crippen LogP contribution in [0, 0.1) is 22.7 Å². The number of nitrogens with one attached hydrogen (secondary N) is 1. The van der Waals surface area contributed by atoms with Gasteiger partial charge in [-0.15, -0.1) is 0 Å². The highest BCUT2D eigenvalue weighted by Crippen LogP contribution is 2.14. The molecule has 0 atom stereocenters. The second-order valence-electron chi connectivity index (χ2n) is 4.87. The third-order valence-corrected chi connectivity index (χ3v) is 2.23. The van der Waals surface area contributed by atoms with Gasteiger partial charge in [-0.2, -0.15) is 10.5 Å². The van der Waals surface area contributed by atoms with Gasteiger partial charge in [-0.25, -0.2) is 0 Å². The molecule has 0 aromatic heterocycles. The van der Waals surface area contributed by atoms with Crippen molar-refractivity contribution < 1.29 is 4.74 Å². The highest BCUT2D eigenvalue weighted by Gasteiger charge is 2.09. The van der Waals surface area contributed by atoms with Crippen LogP contribution in [0.3, 0.4) is 0 Å². The van der Waals surface area contributed by atoms with Crippen LogP contribution in [0.1, 0.15) is 31.9 Å². The van der Waals surface area contributed by atoms with E-state index in [0.717, 1.165) is 5.69 Å². The van der Waals surface area contributed by atoms with Crippen LogP contribution in [0.5, 0.6) is 0 Å². The van der Waals surface area contributed by atoms with E-state index in [4.69, 9.17) is 15.3 Å². The molecule has 0 aliphatic carbocycles. The lowest BCUT2D eigenvalue weighted by molar-refractivity contribution is 0.00333. The molecule has 18 heavy (non-hydrogen) atoms. The van der Waals surface area contributed by atoms with E-state index in [1.165, 1.54) is 0 Å². The number of hydrogen-bond donors (Lipinski definition) is 1. The number of benzene rings is 1. The van der Waals surface area contributed by atoms with Crippen LogP contribution >= 0.6 is 0 Å². The Morgan fingerprint density at radius 1 is 1.17 bits per heavy atom. The highest BCUT2D eigenvalue weighted by atomic mass is 16.5.